The van der Waals surface area contributed by atoms with Gasteiger partial charge in [0.1, 0.15) is 0 Å². The molecule has 0 spiro atoms. The van der Waals surface area contributed by atoms with Crippen molar-refractivity contribution >= 4 is 35.0 Å². The molecule has 0 amide bonds. The fraction of sp³-hybridized carbons (Fsp3) is 0.222. The highest BCUT2D eigenvalue weighted by Crippen LogP contribution is 2.16. The summed E-state index contributed by atoms with van der Waals surface area (Å²) in [6, 6.07) is 1.68. The lowest BCUT2D eigenvalue weighted by Gasteiger charge is -1.98. The van der Waals surface area contributed by atoms with Crippen molar-refractivity contribution in [2.75, 3.05) is 11.6 Å². The number of nitrogens with two attached hydrogens (primary N) is 1. The van der Waals surface area contributed by atoms with E-state index in [1.807, 2.05) is 12.2 Å². The first-order valence-electron chi connectivity index (χ1n) is 3.87. The molecule has 0 radical (unpaired) electrons. The average Bonchev–Trinajstić information content (AvgIpc) is 2.09. The van der Waals surface area contributed by atoms with Gasteiger partial charge in [-0.25, -0.2) is 0 Å². The van der Waals surface area contributed by atoms with Gasteiger partial charge in [-0.05, 0) is 18.6 Å². The van der Waals surface area contributed by atoms with E-state index >= 15 is 0 Å². The molecule has 0 bridgehead atoms. The van der Waals surface area contributed by atoms with E-state index in [0.29, 0.717) is 16.6 Å². The lowest BCUT2D eigenvalue weighted by Crippen LogP contribution is -1.91. The van der Waals surface area contributed by atoms with Gasteiger partial charge < -0.3 is 5.73 Å². The molecule has 0 aromatic carbocycles. The van der Waals surface area contributed by atoms with Crippen molar-refractivity contribution < 1.29 is 0 Å². The predicted molar refractivity (Wildman–Crippen MR) is 58.0 cm³/mol. The summed E-state index contributed by atoms with van der Waals surface area (Å²) < 4.78 is 0. The zero-order chi connectivity index (χ0) is 9.68. The molecule has 2 nitrogen and oxygen atoms in total. The Morgan fingerprint density at radius 2 is 2.31 bits per heavy atom. The summed E-state index contributed by atoms with van der Waals surface area (Å²) >= 11 is 11.2. The number of pyridine rings is 1. The van der Waals surface area contributed by atoms with Gasteiger partial charge in [0.2, 0.25) is 0 Å². The second kappa shape index (κ2) is 5.10. The molecule has 70 valence electrons. The molecule has 0 aliphatic carbocycles. The lowest BCUT2D eigenvalue weighted by molar-refractivity contribution is 1.23. The summed E-state index contributed by atoms with van der Waals surface area (Å²) in [5.74, 6) is 0.601. The van der Waals surface area contributed by atoms with Crippen LogP contribution in [0.15, 0.2) is 18.3 Å². The van der Waals surface area contributed by atoms with Gasteiger partial charge in [0.05, 0.1) is 16.4 Å². The van der Waals surface area contributed by atoms with Crippen LogP contribution in [-0.2, 0) is 0 Å². The fourth-order valence-electron chi connectivity index (χ4n) is 0.863. The Morgan fingerprint density at radius 1 is 1.54 bits per heavy atom. The Bertz CT molecular complexity index is 310. The first kappa shape index (κ1) is 10.4. The Balaban J connectivity index is 2.77. The topological polar surface area (TPSA) is 38.9 Å². The van der Waals surface area contributed by atoms with Crippen LogP contribution in [0.25, 0.3) is 6.08 Å². The number of alkyl halides is 1. The van der Waals surface area contributed by atoms with Crippen molar-refractivity contribution in [2.24, 2.45) is 0 Å². The number of nitrogen functional groups attached to an aromatic ring is 1. The Hall–Kier alpha value is -0.730. The van der Waals surface area contributed by atoms with Gasteiger partial charge in [-0.15, -0.1) is 11.6 Å². The molecular formula is C9H10Cl2N2. The van der Waals surface area contributed by atoms with Gasteiger partial charge in [0.15, 0.2) is 0 Å². The van der Waals surface area contributed by atoms with Crippen LogP contribution in [0.3, 0.4) is 0 Å². The second-order valence-electron chi connectivity index (χ2n) is 2.51. The minimum atomic E-state index is 0.548. The van der Waals surface area contributed by atoms with E-state index < -0.39 is 0 Å². The van der Waals surface area contributed by atoms with Gasteiger partial charge in [-0.2, -0.15) is 0 Å². The maximum atomic E-state index is 5.69. The van der Waals surface area contributed by atoms with Crippen molar-refractivity contribution in [3.05, 3.63) is 29.1 Å². The third kappa shape index (κ3) is 3.25. The third-order valence-electron chi connectivity index (χ3n) is 1.47. The van der Waals surface area contributed by atoms with E-state index in [1.54, 1.807) is 12.3 Å². The number of nitrogens with zero attached hydrogens (tertiary/aromatic N) is 1. The first-order chi connectivity index (χ1) is 6.24. The molecule has 1 rings (SSSR count). The molecule has 13 heavy (non-hydrogen) atoms. The summed E-state index contributed by atoms with van der Waals surface area (Å²) in [4.78, 5) is 4.06. The van der Waals surface area contributed by atoms with Crippen LogP contribution < -0.4 is 5.73 Å². The van der Waals surface area contributed by atoms with Crippen LogP contribution in [0, 0.1) is 0 Å². The molecule has 0 atom stereocenters. The zero-order valence-electron chi connectivity index (χ0n) is 7.00. The molecular weight excluding hydrogens is 207 g/mol. The van der Waals surface area contributed by atoms with Crippen LogP contribution in [0.1, 0.15) is 12.1 Å². The highest BCUT2D eigenvalue weighted by molar-refractivity contribution is 6.30. The fourth-order valence-corrected chi connectivity index (χ4v) is 1.16. The van der Waals surface area contributed by atoms with E-state index in [0.717, 1.165) is 12.1 Å². The average molecular weight is 217 g/mol. The molecule has 2 N–H and O–H groups in total. The maximum Gasteiger partial charge on any atom is 0.0856 e. The van der Waals surface area contributed by atoms with Crippen LogP contribution in [-0.4, -0.2) is 10.9 Å². The van der Waals surface area contributed by atoms with Crippen molar-refractivity contribution in [2.45, 2.75) is 6.42 Å². The number of halogens is 2. The first-order valence-corrected chi connectivity index (χ1v) is 4.79. The number of aromatic nitrogens is 1. The summed E-state index contributed by atoms with van der Waals surface area (Å²) in [7, 11) is 0. The number of rotatable bonds is 3. The molecule has 4 heteroatoms. The highest BCUT2D eigenvalue weighted by atomic mass is 35.5. The van der Waals surface area contributed by atoms with Crippen molar-refractivity contribution in [3.63, 3.8) is 0 Å². The Morgan fingerprint density at radius 3 is 2.92 bits per heavy atom. The van der Waals surface area contributed by atoms with Gasteiger partial charge in [-0.1, -0.05) is 17.7 Å². The number of allylic oxidation sites excluding steroid dienone is 1. The largest absolute Gasteiger partial charge is 0.397 e. The predicted octanol–water partition coefficient (Wildman–Crippen LogP) is 2.96. The number of hydrogen-bond acceptors (Lipinski definition) is 2. The monoisotopic (exact) mass is 216 g/mol. The molecule has 0 saturated carbocycles. The lowest BCUT2D eigenvalue weighted by atomic mass is 10.2. The van der Waals surface area contributed by atoms with E-state index in [2.05, 4.69) is 4.98 Å². The van der Waals surface area contributed by atoms with E-state index in [-0.39, 0.29) is 0 Å². The van der Waals surface area contributed by atoms with Crippen LogP contribution in [0.2, 0.25) is 5.02 Å². The van der Waals surface area contributed by atoms with Crippen molar-refractivity contribution in [1.29, 1.82) is 0 Å². The molecule has 0 fully saturated rings. The Kier molecular flexibility index (Phi) is 4.06. The summed E-state index contributed by atoms with van der Waals surface area (Å²) in [5.41, 5.74) is 6.99. The Labute approximate surface area is 87.4 Å². The minimum Gasteiger partial charge on any atom is -0.397 e. The number of hydrogen-bond donors (Lipinski definition) is 1. The van der Waals surface area contributed by atoms with Crippen molar-refractivity contribution in [3.8, 4) is 0 Å². The van der Waals surface area contributed by atoms with Gasteiger partial charge >= 0.3 is 0 Å². The summed E-state index contributed by atoms with van der Waals surface area (Å²) in [6.45, 7) is 0. The molecule has 0 aliphatic heterocycles. The summed E-state index contributed by atoms with van der Waals surface area (Å²) in [5, 5.41) is 0.548. The SMILES string of the molecule is Nc1cc(Cl)cnc1C=CCCCl. The van der Waals surface area contributed by atoms with Crippen LogP contribution in [0.4, 0.5) is 5.69 Å². The quantitative estimate of drug-likeness (QED) is 0.790. The third-order valence-corrected chi connectivity index (χ3v) is 1.89. The smallest absolute Gasteiger partial charge is 0.0856 e. The number of anilines is 1. The van der Waals surface area contributed by atoms with Crippen molar-refractivity contribution in [1.82, 2.24) is 4.98 Å². The van der Waals surface area contributed by atoms with Crippen LogP contribution >= 0.6 is 23.2 Å². The molecule has 1 aromatic heterocycles. The molecule has 0 unspecified atom stereocenters. The molecule has 1 aromatic rings. The van der Waals surface area contributed by atoms with E-state index in [4.69, 9.17) is 28.9 Å². The maximum absolute atomic E-state index is 5.69. The standard InChI is InChI=1S/C9H10Cl2N2/c10-4-2-1-3-9-8(12)5-7(11)6-13-9/h1,3,5-6H,2,4,12H2. The zero-order valence-corrected chi connectivity index (χ0v) is 8.52. The van der Waals surface area contributed by atoms with Gasteiger partial charge in [0, 0.05) is 12.1 Å². The van der Waals surface area contributed by atoms with Gasteiger partial charge in [0.25, 0.3) is 0 Å². The van der Waals surface area contributed by atoms with Crippen LogP contribution in [0.5, 0.6) is 0 Å². The molecule has 0 saturated heterocycles. The summed E-state index contributed by atoms with van der Waals surface area (Å²) in [6.07, 6.45) is 6.15. The molecule has 1 heterocycles. The van der Waals surface area contributed by atoms with E-state index in [1.165, 1.54) is 0 Å². The minimum absolute atomic E-state index is 0.548. The normalized spacial score (nSPS) is 10.9. The highest BCUT2D eigenvalue weighted by Gasteiger charge is 1.96. The second-order valence-corrected chi connectivity index (χ2v) is 3.32. The van der Waals surface area contributed by atoms with E-state index in [9.17, 15) is 0 Å². The van der Waals surface area contributed by atoms with Gasteiger partial charge in [-0.3, -0.25) is 4.98 Å². The molecule has 0 aliphatic rings.